The number of nitrogens with one attached hydrogen (secondary N) is 2. The molecule has 1 saturated heterocycles. The number of anilines is 3. The molecule has 0 spiro atoms. The number of aromatic nitrogens is 2. The van der Waals surface area contributed by atoms with E-state index in [-0.39, 0.29) is 0 Å². The minimum atomic E-state index is 0.778. The first kappa shape index (κ1) is 11.1. The number of rotatable bonds is 3. The van der Waals surface area contributed by atoms with Crippen molar-refractivity contribution in [3.8, 4) is 0 Å². The summed E-state index contributed by atoms with van der Waals surface area (Å²) in [5, 5.41) is 3.23. The van der Waals surface area contributed by atoms with Crippen LogP contribution in [0.15, 0.2) is 36.7 Å². The molecule has 0 unspecified atom stereocenters. The van der Waals surface area contributed by atoms with Gasteiger partial charge >= 0.3 is 0 Å². The van der Waals surface area contributed by atoms with Gasteiger partial charge < -0.3 is 15.2 Å². The Balaban J connectivity index is 1.68. The van der Waals surface area contributed by atoms with E-state index < -0.39 is 0 Å². The third-order valence-corrected chi connectivity index (χ3v) is 3.35. The molecule has 1 aromatic carbocycles. The van der Waals surface area contributed by atoms with Crippen LogP contribution in [0.1, 0.15) is 19.3 Å². The van der Waals surface area contributed by atoms with Gasteiger partial charge in [-0.15, -0.1) is 0 Å². The van der Waals surface area contributed by atoms with Gasteiger partial charge in [0.25, 0.3) is 0 Å². The van der Waals surface area contributed by atoms with E-state index >= 15 is 0 Å². The highest BCUT2D eigenvalue weighted by molar-refractivity contribution is 5.59. The number of hydrogen-bond acceptors (Lipinski definition) is 3. The van der Waals surface area contributed by atoms with E-state index in [0.717, 1.165) is 11.6 Å². The summed E-state index contributed by atoms with van der Waals surface area (Å²) in [5.41, 5.74) is 2.38. The zero-order chi connectivity index (χ0) is 12.2. The minimum Gasteiger partial charge on any atom is -0.372 e. The van der Waals surface area contributed by atoms with Crippen molar-refractivity contribution in [3.63, 3.8) is 0 Å². The maximum atomic E-state index is 4.15. The normalized spacial score (nSPS) is 15.7. The Bertz CT molecular complexity index is 469. The lowest BCUT2D eigenvalue weighted by atomic mass is 10.1. The molecule has 94 valence electrons. The van der Waals surface area contributed by atoms with Crippen molar-refractivity contribution in [1.82, 2.24) is 9.97 Å². The lowest BCUT2D eigenvalue weighted by Crippen LogP contribution is -2.29. The molecule has 4 nitrogen and oxygen atoms in total. The Morgan fingerprint density at radius 1 is 1.06 bits per heavy atom. The van der Waals surface area contributed by atoms with Gasteiger partial charge in [-0.25, -0.2) is 4.98 Å². The second-order valence-electron chi connectivity index (χ2n) is 4.66. The highest BCUT2D eigenvalue weighted by Gasteiger charge is 2.10. The van der Waals surface area contributed by atoms with Gasteiger partial charge in [-0.05, 0) is 43.5 Å². The summed E-state index contributed by atoms with van der Waals surface area (Å²) in [6, 6.07) is 8.56. The van der Waals surface area contributed by atoms with Crippen LogP contribution in [0, 0.1) is 0 Å². The monoisotopic (exact) mass is 242 g/mol. The van der Waals surface area contributed by atoms with Crippen molar-refractivity contribution in [1.29, 1.82) is 0 Å². The highest BCUT2D eigenvalue weighted by atomic mass is 15.1. The Kier molecular flexibility index (Phi) is 3.17. The van der Waals surface area contributed by atoms with Gasteiger partial charge in [0.1, 0.15) is 0 Å². The lowest BCUT2D eigenvalue weighted by Gasteiger charge is -2.28. The molecule has 1 aliphatic rings. The second kappa shape index (κ2) is 5.12. The topological polar surface area (TPSA) is 44.0 Å². The molecule has 1 fully saturated rings. The third kappa shape index (κ3) is 2.47. The first-order chi connectivity index (χ1) is 8.92. The van der Waals surface area contributed by atoms with Crippen LogP contribution in [0.25, 0.3) is 0 Å². The number of nitrogens with zero attached hydrogens (tertiary/aromatic N) is 2. The summed E-state index contributed by atoms with van der Waals surface area (Å²) in [6.45, 7) is 2.37. The van der Waals surface area contributed by atoms with Crippen LogP contribution < -0.4 is 10.2 Å². The second-order valence-corrected chi connectivity index (χ2v) is 4.66. The van der Waals surface area contributed by atoms with E-state index in [1.165, 1.54) is 38.0 Å². The number of aromatic amines is 1. The summed E-state index contributed by atoms with van der Waals surface area (Å²) in [4.78, 5) is 9.64. The largest absolute Gasteiger partial charge is 0.372 e. The first-order valence-electron chi connectivity index (χ1n) is 6.53. The first-order valence-corrected chi connectivity index (χ1v) is 6.53. The molecular weight excluding hydrogens is 224 g/mol. The fraction of sp³-hybridized carbons (Fsp3) is 0.357. The summed E-state index contributed by atoms with van der Waals surface area (Å²) >= 11 is 0. The highest BCUT2D eigenvalue weighted by Crippen LogP contribution is 2.22. The van der Waals surface area contributed by atoms with Gasteiger partial charge in [0.05, 0.1) is 0 Å². The number of piperidine rings is 1. The quantitative estimate of drug-likeness (QED) is 0.869. The minimum absolute atomic E-state index is 0.778. The molecule has 0 radical (unpaired) electrons. The molecule has 0 aliphatic carbocycles. The standard InChI is InChI=1S/C14H18N4/c1-2-10-18(11-3-1)13-6-4-12(5-7-13)17-14-15-8-9-16-14/h4-9H,1-3,10-11H2,(H2,15,16,17). The molecule has 1 aliphatic heterocycles. The Labute approximate surface area is 107 Å². The van der Waals surface area contributed by atoms with Crippen LogP contribution in [-0.2, 0) is 0 Å². The molecule has 0 amide bonds. The van der Waals surface area contributed by atoms with E-state index in [4.69, 9.17) is 0 Å². The van der Waals surface area contributed by atoms with Crippen LogP contribution in [0.2, 0.25) is 0 Å². The molecule has 0 bridgehead atoms. The Morgan fingerprint density at radius 2 is 1.83 bits per heavy atom. The summed E-state index contributed by atoms with van der Waals surface area (Å²) in [6.07, 6.45) is 7.54. The molecule has 2 heterocycles. The van der Waals surface area contributed by atoms with E-state index in [9.17, 15) is 0 Å². The molecule has 3 rings (SSSR count). The van der Waals surface area contributed by atoms with Crippen molar-refractivity contribution >= 4 is 17.3 Å². The summed E-state index contributed by atoms with van der Waals surface area (Å²) in [5.74, 6) is 0.778. The SMILES string of the molecule is c1c[nH]c(Nc2ccc(N3CCCCC3)cc2)n1. The van der Waals surface area contributed by atoms with Gasteiger partial charge in [0.2, 0.25) is 5.95 Å². The zero-order valence-electron chi connectivity index (χ0n) is 10.4. The van der Waals surface area contributed by atoms with Crippen molar-refractivity contribution in [2.24, 2.45) is 0 Å². The third-order valence-electron chi connectivity index (χ3n) is 3.35. The smallest absolute Gasteiger partial charge is 0.204 e. The van der Waals surface area contributed by atoms with Crippen molar-refractivity contribution in [3.05, 3.63) is 36.7 Å². The van der Waals surface area contributed by atoms with Crippen molar-refractivity contribution < 1.29 is 0 Å². The van der Waals surface area contributed by atoms with Gasteiger partial charge in [-0.1, -0.05) is 0 Å². The van der Waals surface area contributed by atoms with Gasteiger partial charge in [0, 0.05) is 36.9 Å². The Hall–Kier alpha value is -1.97. The molecule has 0 atom stereocenters. The van der Waals surface area contributed by atoms with E-state index in [1.54, 1.807) is 6.20 Å². The predicted octanol–water partition coefficient (Wildman–Crippen LogP) is 3.14. The summed E-state index contributed by atoms with van der Waals surface area (Å²) < 4.78 is 0. The van der Waals surface area contributed by atoms with Crippen LogP contribution in [0.3, 0.4) is 0 Å². The van der Waals surface area contributed by atoms with Gasteiger partial charge in [-0.2, -0.15) is 0 Å². The molecule has 2 N–H and O–H groups in total. The van der Waals surface area contributed by atoms with Crippen LogP contribution >= 0.6 is 0 Å². The molecular formula is C14H18N4. The van der Waals surface area contributed by atoms with Crippen LogP contribution in [0.5, 0.6) is 0 Å². The molecule has 1 aromatic heterocycles. The van der Waals surface area contributed by atoms with Crippen LogP contribution in [-0.4, -0.2) is 23.1 Å². The predicted molar refractivity (Wildman–Crippen MR) is 74.4 cm³/mol. The molecule has 18 heavy (non-hydrogen) atoms. The number of H-pyrrole nitrogens is 1. The van der Waals surface area contributed by atoms with Gasteiger partial charge in [0.15, 0.2) is 0 Å². The molecule has 4 heteroatoms. The molecule has 2 aromatic rings. The number of benzene rings is 1. The zero-order valence-corrected chi connectivity index (χ0v) is 10.4. The van der Waals surface area contributed by atoms with E-state index in [2.05, 4.69) is 44.5 Å². The average Bonchev–Trinajstić information content (AvgIpc) is 2.94. The van der Waals surface area contributed by atoms with Crippen molar-refractivity contribution in [2.75, 3.05) is 23.3 Å². The van der Waals surface area contributed by atoms with E-state index in [0.29, 0.717) is 0 Å². The fourth-order valence-electron chi connectivity index (χ4n) is 2.38. The maximum absolute atomic E-state index is 4.15. The van der Waals surface area contributed by atoms with Crippen LogP contribution in [0.4, 0.5) is 17.3 Å². The number of hydrogen-bond donors (Lipinski definition) is 2. The fourth-order valence-corrected chi connectivity index (χ4v) is 2.38. The van der Waals surface area contributed by atoms with Crippen molar-refractivity contribution in [2.45, 2.75) is 19.3 Å². The van der Waals surface area contributed by atoms with Gasteiger partial charge in [-0.3, -0.25) is 0 Å². The average molecular weight is 242 g/mol. The maximum Gasteiger partial charge on any atom is 0.204 e. The summed E-state index contributed by atoms with van der Waals surface area (Å²) in [7, 11) is 0. The lowest BCUT2D eigenvalue weighted by molar-refractivity contribution is 0.578. The molecule has 0 saturated carbocycles. The van der Waals surface area contributed by atoms with E-state index in [1.807, 2.05) is 6.20 Å². The number of imidazole rings is 1. The Morgan fingerprint density at radius 3 is 2.50 bits per heavy atom.